The Morgan fingerprint density at radius 2 is 2.24 bits per heavy atom. The summed E-state index contributed by atoms with van der Waals surface area (Å²) >= 11 is 0. The monoisotopic (exact) mass is 338 g/mol. The van der Waals surface area contributed by atoms with Gasteiger partial charge in [0.1, 0.15) is 5.69 Å². The minimum absolute atomic E-state index is 0.0582. The molecule has 0 N–H and O–H groups in total. The van der Waals surface area contributed by atoms with Crippen molar-refractivity contribution in [3.8, 4) is 11.5 Å². The summed E-state index contributed by atoms with van der Waals surface area (Å²) in [6.45, 7) is 5.73. The van der Waals surface area contributed by atoms with Gasteiger partial charge in [0.15, 0.2) is 11.4 Å². The minimum atomic E-state index is 0.0582. The number of fused-ring (bicyclic) bond motifs is 1. The van der Waals surface area contributed by atoms with Gasteiger partial charge in [-0.1, -0.05) is 6.92 Å². The smallest absolute Gasteiger partial charge is 0.254 e. The number of aryl methyl sites for hydroxylation is 2. The number of rotatable bonds is 2. The first-order valence-electron chi connectivity index (χ1n) is 8.72. The molecule has 1 amide bonds. The molecule has 4 heterocycles. The molecule has 6 heteroatoms. The van der Waals surface area contributed by atoms with Crippen molar-refractivity contribution >= 4 is 16.9 Å². The largest absolute Gasteiger partial charge is 0.463 e. The van der Waals surface area contributed by atoms with Crippen molar-refractivity contribution in [3.05, 3.63) is 35.7 Å². The number of aromatic nitrogens is 3. The normalized spacial score (nSPS) is 18.0. The maximum absolute atomic E-state index is 13.3. The molecule has 3 aromatic heterocycles. The van der Waals surface area contributed by atoms with E-state index in [-0.39, 0.29) is 5.91 Å². The molecule has 1 aliphatic rings. The number of furan rings is 1. The van der Waals surface area contributed by atoms with Crippen LogP contribution in [0.5, 0.6) is 0 Å². The van der Waals surface area contributed by atoms with E-state index in [0.717, 1.165) is 30.6 Å². The fraction of sp³-hybridized carbons (Fsp3) is 0.421. The van der Waals surface area contributed by atoms with Gasteiger partial charge in [0, 0.05) is 20.1 Å². The summed E-state index contributed by atoms with van der Waals surface area (Å²) in [6, 6.07) is 5.52. The van der Waals surface area contributed by atoms with Gasteiger partial charge in [-0.3, -0.25) is 9.48 Å². The highest BCUT2D eigenvalue weighted by Crippen LogP contribution is 2.29. The molecule has 130 valence electrons. The summed E-state index contributed by atoms with van der Waals surface area (Å²) in [6.07, 6.45) is 3.85. The zero-order chi connectivity index (χ0) is 17.6. The molecule has 0 spiro atoms. The summed E-state index contributed by atoms with van der Waals surface area (Å²) in [7, 11) is 1.85. The van der Waals surface area contributed by atoms with E-state index in [1.54, 1.807) is 10.9 Å². The van der Waals surface area contributed by atoms with Crippen molar-refractivity contribution in [1.82, 2.24) is 19.7 Å². The molecule has 0 saturated carbocycles. The van der Waals surface area contributed by atoms with Crippen LogP contribution in [0.1, 0.15) is 35.8 Å². The number of amides is 1. The minimum Gasteiger partial charge on any atom is -0.463 e. The van der Waals surface area contributed by atoms with E-state index in [1.807, 2.05) is 37.1 Å². The lowest BCUT2D eigenvalue weighted by Crippen LogP contribution is -2.39. The fourth-order valence-electron chi connectivity index (χ4n) is 3.71. The predicted molar refractivity (Wildman–Crippen MR) is 95.2 cm³/mol. The number of likely N-dealkylation sites (tertiary alicyclic amines) is 1. The van der Waals surface area contributed by atoms with Crippen LogP contribution in [-0.4, -0.2) is 38.7 Å². The van der Waals surface area contributed by atoms with E-state index in [9.17, 15) is 4.79 Å². The summed E-state index contributed by atoms with van der Waals surface area (Å²) in [5, 5.41) is 5.30. The van der Waals surface area contributed by atoms with Crippen LogP contribution in [0.4, 0.5) is 0 Å². The van der Waals surface area contributed by atoms with Crippen molar-refractivity contribution in [3.63, 3.8) is 0 Å². The summed E-state index contributed by atoms with van der Waals surface area (Å²) < 4.78 is 7.22. The average molecular weight is 338 g/mol. The number of hydrogen-bond acceptors (Lipinski definition) is 4. The second-order valence-electron chi connectivity index (χ2n) is 6.94. The van der Waals surface area contributed by atoms with Crippen LogP contribution in [0.2, 0.25) is 0 Å². The van der Waals surface area contributed by atoms with Gasteiger partial charge in [0.05, 0.1) is 22.9 Å². The van der Waals surface area contributed by atoms with Crippen LogP contribution in [0.25, 0.3) is 22.5 Å². The number of piperidine rings is 1. The third-order valence-corrected chi connectivity index (χ3v) is 4.92. The standard InChI is InChI=1S/C19H22N4O2/c1-12-6-4-8-23(11-12)19(24)14-10-15(16-7-5-9-25-16)20-18-17(14)13(2)21-22(18)3/h5,7,9-10,12H,4,6,8,11H2,1-3H3/t12-/m1/s1. The number of nitrogens with zero attached hydrogens (tertiary/aromatic N) is 4. The first kappa shape index (κ1) is 15.9. The third-order valence-electron chi connectivity index (χ3n) is 4.92. The summed E-state index contributed by atoms with van der Waals surface area (Å²) in [4.78, 5) is 19.9. The molecule has 0 bridgehead atoms. The molecule has 6 nitrogen and oxygen atoms in total. The molecule has 1 aliphatic heterocycles. The summed E-state index contributed by atoms with van der Waals surface area (Å²) in [5.41, 5.74) is 2.86. The van der Waals surface area contributed by atoms with E-state index in [0.29, 0.717) is 28.6 Å². The van der Waals surface area contributed by atoms with Crippen molar-refractivity contribution in [2.75, 3.05) is 13.1 Å². The quantitative estimate of drug-likeness (QED) is 0.718. The SMILES string of the molecule is Cc1nn(C)c2nc(-c3ccco3)cc(C(=O)N3CCC[C@@H](C)C3)c12. The molecule has 1 fully saturated rings. The van der Waals surface area contributed by atoms with E-state index in [2.05, 4.69) is 17.0 Å². The van der Waals surface area contributed by atoms with Gasteiger partial charge < -0.3 is 9.32 Å². The molecular weight excluding hydrogens is 316 g/mol. The maximum Gasteiger partial charge on any atom is 0.254 e. The van der Waals surface area contributed by atoms with Crippen LogP contribution in [0.3, 0.4) is 0 Å². The van der Waals surface area contributed by atoms with Gasteiger partial charge in [0.2, 0.25) is 0 Å². The predicted octanol–water partition coefficient (Wildman–Crippen LogP) is 3.41. The van der Waals surface area contributed by atoms with Crippen molar-refractivity contribution < 1.29 is 9.21 Å². The Morgan fingerprint density at radius 1 is 1.40 bits per heavy atom. The average Bonchev–Trinajstić information content (AvgIpc) is 3.23. The molecule has 0 unspecified atom stereocenters. The van der Waals surface area contributed by atoms with Crippen LogP contribution < -0.4 is 0 Å². The molecule has 1 saturated heterocycles. The molecule has 4 rings (SSSR count). The Kier molecular flexibility index (Phi) is 3.82. The second-order valence-corrected chi connectivity index (χ2v) is 6.94. The third kappa shape index (κ3) is 2.71. The molecule has 25 heavy (non-hydrogen) atoms. The Morgan fingerprint density at radius 3 is 2.96 bits per heavy atom. The first-order valence-corrected chi connectivity index (χ1v) is 8.72. The summed E-state index contributed by atoms with van der Waals surface area (Å²) in [5.74, 6) is 1.25. The van der Waals surface area contributed by atoms with E-state index in [4.69, 9.17) is 4.42 Å². The van der Waals surface area contributed by atoms with E-state index in [1.165, 1.54) is 6.42 Å². The van der Waals surface area contributed by atoms with Gasteiger partial charge in [-0.05, 0) is 43.9 Å². The van der Waals surface area contributed by atoms with Crippen LogP contribution in [0.15, 0.2) is 28.9 Å². The molecule has 0 aromatic carbocycles. The Balaban J connectivity index is 1.87. The lowest BCUT2D eigenvalue weighted by Gasteiger charge is -2.31. The Bertz CT molecular complexity index is 927. The lowest BCUT2D eigenvalue weighted by molar-refractivity contribution is 0.0685. The Hall–Kier alpha value is -2.63. The van der Waals surface area contributed by atoms with E-state index >= 15 is 0 Å². The molecule has 0 aliphatic carbocycles. The highest BCUT2D eigenvalue weighted by atomic mass is 16.3. The lowest BCUT2D eigenvalue weighted by atomic mass is 9.98. The van der Waals surface area contributed by atoms with Gasteiger partial charge in [-0.25, -0.2) is 4.98 Å². The van der Waals surface area contributed by atoms with Crippen LogP contribution >= 0.6 is 0 Å². The Labute approximate surface area is 146 Å². The molecule has 1 atom stereocenters. The van der Waals surface area contributed by atoms with Gasteiger partial charge >= 0.3 is 0 Å². The van der Waals surface area contributed by atoms with Gasteiger partial charge in [0.25, 0.3) is 5.91 Å². The highest BCUT2D eigenvalue weighted by Gasteiger charge is 2.26. The topological polar surface area (TPSA) is 64.2 Å². The van der Waals surface area contributed by atoms with Crippen molar-refractivity contribution in [2.24, 2.45) is 13.0 Å². The fourth-order valence-corrected chi connectivity index (χ4v) is 3.71. The van der Waals surface area contributed by atoms with Crippen LogP contribution in [-0.2, 0) is 7.05 Å². The van der Waals surface area contributed by atoms with Crippen molar-refractivity contribution in [1.29, 1.82) is 0 Å². The zero-order valence-corrected chi connectivity index (χ0v) is 14.8. The molecular formula is C19H22N4O2. The number of hydrogen-bond donors (Lipinski definition) is 0. The molecule has 0 radical (unpaired) electrons. The van der Waals surface area contributed by atoms with E-state index < -0.39 is 0 Å². The van der Waals surface area contributed by atoms with Crippen LogP contribution in [0, 0.1) is 12.8 Å². The number of carbonyl (C=O) groups excluding carboxylic acids is 1. The number of carbonyl (C=O) groups is 1. The second kappa shape index (κ2) is 6.02. The maximum atomic E-state index is 13.3. The zero-order valence-electron chi connectivity index (χ0n) is 14.8. The molecule has 3 aromatic rings. The van der Waals surface area contributed by atoms with Gasteiger partial charge in [-0.15, -0.1) is 0 Å². The number of pyridine rings is 1. The first-order chi connectivity index (χ1) is 12.0. The van der Waals surface area contributed by atoms with Crippen molar-refractivity contribution in [2.45, 2.75) is 26.7 Å². The van der Waals surface area contributed by atoms with Gasteiger partial charge in [-0.2, -0.15) is 5.10 Å². The highest BCUT2D eigenvalue weighted by molar-refractivity contribution is 6.07.